The second-order valence-corrected chi connectivity index (χ2v) is 4.76. The number of anilines is 1. The van der Waals surface area contributed by atoms with Gasteiger partial charge in [-0.05, 0) is 36.6 Å². The highest BCUT2D eigenvalue weighted by Gasteiger charge is 2.26. The van der Waals surface area contributed by atoms with Crippen molar-refractivity contribution in [2.75, 3.05) is 11.9 Å². The Morgan fingerprint density at radius 1 is 1.17 bits per heavy atom. The SMILES string of the molecule is CN(Cc1ccncc1)c1ccnc(C2CC2)n1. The van der Waals surface area contributed by atoms with Crippen molar-refractivity contribution < 1.29 is 0 Å². The number of nitrogens with zero attached hydrogens (tertiary/aromatic N) is 4. The maximum Gasteiger partial charge on any atom is 0.133 e. The zero-order valence-corrected chi connectivity index (χ0v) is 10.5. The smallest absolute Gasteiger partial charge is 0.133 e. The van der Waals surface area contributed by atoms with Gasteiger partial charge in [-0.15, -0.1) is 0 Å². The van der Waals surface area contributed by atoms with Crippen LogP contribution in [0.15, 0.2) is 36.8 Å². The van der Waals surface area contributed by atoms with Crippen molar-refractivity contribution in [1.29, 1.82) is 0 Å². The third-order valence-electron chi connectivity index (χ3n) is 3.16. The molecule has 0 saturated heterocycles. The van der Waals surface area contributed by atoms with Gasteiger partial charge < -0.3 is 4.90 Å². The Balaban J connectivity index is 1.75. The van der Waals surface area contributed by atoms with Gasteiger partial charge in [-0.1, -0.05) is 0 Å². The van der Waals surface area contributed by atoms with Crippen molar-refractivity contribution >= 4 is 5.82 Å². The summed E-state index contributed by atoms with van der Waals surface area (Å²) >= 11 is 0. The number of hydrogen-bond donors (Lipinski definition) is 0. The fourth-order valence-corrected chi connectivity index (χ4v) is 1.96. The molecule has 2 aromatic rings. The summed E-state index contributed by atoms with van der Waals surface area (Å²) in [4.78, 5) is 15.1. The summed E-state index contributed by atoms with van der Waals surface area (Å²) in [5.74, 6) is 2.58. The van der Waals surface area contributed by atoms with E-state index in [-0.39, 0.29) is 0 Å². The number of hydrogen-bond acceptors (Lipinski definition) is 4. The summed E-state index contributed by atoms with van der Waals surface area (Å²) in [7, 11) is 2.06. The molecule has 2 heterocycles. The van der Waals surface area contributed by atoms with Gasteiger partial charge in [0.1, 0.15) is 11.6 Å². The Hall–Kier alpha value is -1.97. The molecular formula is C14H16N4. The van der Waals surface area contributed by atoms with E-state index >= 15 is 0 Å². The maximum atomic E-state index is 4.63. The summed E-state index contributed by atoms with van der Waals surface area (Å²) in [6, 6.07) is 6.02. The van der Waals surface area contributed by atoms with Crippen LogP contribution >= 0.6 is 0 Å². The summed E-state index contributed by atoms with van der Waals surface area (Å²) in [5, 5.41) is 0. The minimum atomic E-state index is 0.597. The van der Waals surface area contributed by atoms with E-state index in [2.05, 4.69) is 26.9 Å². The first kappa shape index (κ1) is 11.1. The first-order valence-electron chi connectivity index (χ1n) is 6.26. The van der Waals surface area contributed by atoms with E-state index in [1.54, 1.807) is 0 Å². The molecule has 4 heteroatoms. The Kier molecular flexibility index (Phi) is 2.92. The fraction of sp³-hybridized carbons (Fsp3) is 0.357. The molecule has 1 saturated carbocycles. The lowest BCUT2D eigenvalue weighted by atomic mass is 10.2. The van der Waals surface area contributed by atoms with Gasteiger partial charge in [-0.25, -0.2) is 9.97 Å². The molecule has 0 bridgehead atoms. The highest BCUT2D eigenvalue weighted by molar-refractivity contribution is 5.38. The fourth-order valence-electron chi connectivity index (χ4n) is 1.96. The monoisotopic (exact) mass is 240 g/mol. The lowest BCUT2D eigenvalue weighted by molar-refractivity contribution is 0.852. The number of rotatable bonds is 4. The van der Waals surface area contributed by atoms with Gasteiger partial charge in [0.25, 0.3) is 0 Å². The Morgan fingerprint density at radius 2 is 1.94 bits per heavy atom. The molecule has 0 unspecified atom stereocenters. The van der Waals surface area contributed by atoms with E-state index in [0.717, 1.165) is 18.2 Å². The van der Waals surface area contributed by atoms with E-state index in [0.29, 0.717) is 5.92 Å². The standard InChI is InChI=1S/C14H16N4/c1-18(10-11-4-7-15-8-5-11)13-6-9-16-14(17-13)12-2-3-12/h4-9,12H,2-3,10H2,1H3. The molecule has 0 aliphatic heterocycles. The molecule has 4 nitrogen and oxygen atoms in total. The third kappa shape index (κ3) is 2.47. The van der Waals surface area contributed by atoms with E-state index in [9.17, 15) is 0 Å². The molecule has 0 amide bonds. The van der Waals surface area contributed by atoms with E-state index in [4.69, 9.17) is 0 Å². The van der Waals surface area contributed by atoms with Crippen LogP contribution in [-0.4, -0.2) is 22.0 Å². The molecule has 1 aliphatic rings. The van der Waals surface area contributed by atoms with Crippen LogP contribution in [-0.2, 0) is 6.54 Å². The Morgan fingerprint density at radius 3 is 2.67 bits per heavy atom. The predicted molar refractivity (Wildman–Crippen MR) is 70.4 cm³/mol. The lowest BCUT2D eigenvalue weighted by Gasteiger charge is -2.18. The first-order chi connectivity index (χ1) is 8.83. The highest BCUT2D eigenvalue weighted by atomic mass is 15.2. The van der Waals surface area contributed by atoms with Gasteiger partial charge in [0.2, 0.25) is 0 Å². The average Bonchev–Trinajstić information content (AvgIpc) is 3.24. The quantitative estimate of drug-likeness (QED) is 0.823. The topological polar surface area (TPSA) is 41.9 Å². The van der Waals surface area contributed by atoms with Crippen molar-refractivity contribution in [2.45, 2.75) is 25.3 Å². The Bertz CT molecular complexity index is 522. The first-order valence-corrected chi connectivity index (χ1v) is 6.26. The van der Waals surface area contributed by atoms with Crippen molar-refractivity contribution in [3.8, 4) is 0 Å². The van der Waals surface area contributed by atoms with Crippen LogP contribution < -0.4 is 4.90 Å². The summed E-state index contributed by atoms with van der Waals surface area (Å²) in [5.41, 5.74) is 1.24. The van der Waals surface area contributed by atoms with Crippen LogP contribution in [0.4, 0.5) is 5.82 Å². The van der Waals surface area contributed by atoms with Gasteiger partial charge >= 0.3 is 0 Å². The van der Waals surface area contributed by atoms with Gasteiger partial charge in [-0.2, -0.15) is 0 Å². The van der Waals surface area contributed by atoms with Crippen LogP contribution in [0.1, 0.15) is 30.1 Å². The van der Waals surface area contributed by atoms with Crippen molar-refractivity contribution in [1.82, 2.24) is 15.0 Å². The minimum Gasteiger partial charge on any atom is -0.355 e. The molecule has 18 heavy (non-hydrogen) atoms. The number of pyridine rings is 1. The number of aromatic nitrogens is 3. The van der Waals surface area contributed by atoms with Crippen LogP contribution in [0.25, 0.3) is 0 Å². The normalized spacial score (nSPS) is 14.5. The molecule has 0 atom stereocenters. The second-order valence-electron chi connectivity index (χ2n) is 4.76. The van der Waals surface area contributed by atoms with E-state index in [1.165, 1.54) is 18.4 Å². The molecule has 92 valence electrons. The minimum absolute atomic E-state index is 0.597. The van der Waals surface area contributed by atoms with Crippen molar-refractivity contribution in [3.63, 3.8) is 0 Å². The van der Waals surface area contributed by atoms with Gasteiger partial charge in [0, 0.05) is 38.1 Å². The Labute approximate surface area is 107 Å². The maximum absolute atomic E-state index is 4.63. The average molecular weight is 240 g/mol. The van der Waals surface area contributed by atoms with Crippen LogP contribution in [0.3, 0.4) is 0 Å². The largest absolute Gasteiger partial charge is 0.355 e. The lowest BCUT2D eigenvalue weighted by Crippen LogP contribution is -2.18. The molecule has 0 N–H and O–H groups in total. The zero-order valence-electron chi connectivity index (χ0n) is 10.5. The summed E-state index contributed by atoms with van der Waals surface area (Å²) in [6.07, 6.45) is 7.96. The summed E-state index contributed by atoms with van der Waals surface area (Å²) < 4.78 is 0. The van der Waals surface area contributed by atoms with Gasteiger partial charge in [0.05, 0.1) is 0 Å². The molecule has 0 aromatic carbocycles. The molecule has 1 aliphatic carbocycles. The highest BCUT2D eigenvalue weighted by Crippen LogP contribution is 2.38. The molecular weight excluding hydrogens is 224 g/mol. The second kappa shape index (κ2) is 4.72. The zero-order chi connectivity index (χ0) is 12.4. The molecule has 2 aromatic heterocycles. The molecule has 3 rings (SSSR count). The van der Waals surface area contributed by atoms with Crippen LogP contribution in [0.2, 0.25) is 0 Å². The van der Waals surface area contributed by atoms with Crippen molar-refractivity contribution in [3.05, 3.63) is 48.2 Å². The van der Waals surface area contributed by atoms with Gasteiger partial charge in [0.15, 0.2) is 0 Å². The summed E-state index contributed by atoms with van der Waals surface area (Å²) in [6.45, 7) is 0.837. The molecule has 0 radical (unpaired) electrons. The van der Waals surface area contributed by atoms with Crippen molar-refractivity contribution in [2.24, 2.45) is 0 Å². The van der Waals surface area contributed by atoms with E-state index in [1.807, 2.05) is 36.8 Å². The molecule has 0 spiro atoms. The third-order valence-corrected chi connectivity index (χ3v) is 3.16. The van der Waals surface area contributed by atoms with Crippen LogP contribution in [0, 0.1) is 0 Å². The van der Waals surface area contributed by atoms with E-state index < -0.39 is 0 Å². The van der Waals surface area contributed by atoms with Gasteiger partial charge in [-0.3, -0.25) is 4.98 Å². The molecule has 1 fully saturated rings. The predicted octanol–water partition coefficient (Wildman–Crippen LogP) is 2.39. The van der Waals surface area contributed by atoms with Crippen LogP contribution in [0.5, 0.6) is 0 Å².